The number of aliphatic hydroxyl groups is 1. The third-order valence-electron chi connectivity index (χ3n) is 2.49. The minimum absolute atomic E-state index is 0.170. The molecule has 0 bridgehead atoms. The molecule has 0 unspecified atom stereocenters. The van der Waals surface area contributed by atoms with Crippen LogP contribution in [0.2, 0.25) is 0 Å². The smallest absolute Gasteiger partial charge is 0.231 e. The number of hydrogen-bond acceptors (Lipinski definition) is 4. The van der Waals surface area contributed by atoms with E-state index in [0.717, 1.165) is 13.0 Å². The lowest BCUT2D eigenvalue weighted by Crippen LogP contribution is -2.48. The zero-order chi connectivity index (χ0) is 9.84. The van der Waals surface area contributed by atoms with Crippen LogP contribution in [0.1, 0.15) is 6.42 Å². The number of nitrogens with zero attached hydrogens (tertiary/aromatic N) is 1. The molecule has 0 radical (unpaired) electrons. The van der Waals surface area contributed by atoms with Crippen molar-refractivity contribution in [2.75, 3.05) is 26.2 Å². The second-order valence-electron chi connectivity index (χ2n) is 3.55. The van der Waals surface area contributed by atoms with E-state index in [1.54, 1.807) is 0 Å². The van der Waals surface area contributed by atoms with Gasteiger partial charge in [0.1, 0.15) is 0 Å². The van der Waals surface area contributed by atoms with Crippen molar-refractivity contribution < 1.29 is 9.90 Å². The molecule has 5 N–H and O–H groups in total. The lowest BCUT2D eigenvalue weighted by Gasteiger charge is -2.34. The molecule has 1 heterocycles. The zero-order valence-electron chi connectivity index (χ0n) is 7.65. The molecule has 0 aromatic rings. The van der Waals surface area contributed by atoms with Gasteiger partial charge in [0.2, 0.25) is 5.91 Å². The van der Waals surface area contributed by atoms with E-state index < -0.39 is 6.10 Å². The first-order chi connectivity index (χ1) is 6.13. The molecular formula is C8H17N3O2. The van der Waals surface area contributed by atoms with Gasteiger partial charge in [-0.3, -0.25) is 9.69 Å². The molecule has 2 atom stereocenters. The minimum atomic E-state index is -0.418. The highest BCUT2D eigenvalue weighted by molar-refractivity contribution is 5.75. The predicted octanol–water partition coefficient (Wildman–Crippen LogP) is -1.89. The van der Waals surface area contributed by atoms with Gasteiger partial charge in [0.15, 0.2) is 0 Å². The van der Waals surface area contributed by atoms with Crippen molar-refractivity contribution in [2.45, 2.75) is 12.5 Å². The van der Waals surface area contributed by atoms with Gasteiger partial charge >= 0.3 is 0 Å². The molecule has 1 amide bonds. The number of amides is 1. The van der Waals surface area contributed by atoms with Gasteiger partial charge in [-0.15, -0.1) is 0 Å². The van der Waals surface area contributed by atoms with E-state index in [1.807, 2.05) is 4.90 Å². The lowest BCUT2D eigenvalue weighted by atomic mass is 9.94. The van der Waals surface area contributed by atoms with E-state index in [0.29, 0.717) is 13.1 Å². The highest BCUT2D eigenvalue weighted by Gasteiger charge is 2.26. The number of aliphatic hydroxyl groups excluding tert-OH is 1. The Morgan fingerprint density at radius 1 is 1.62 bits per heavy atom. The quantitative estimate of drug-likeness (QED) is 0.482. The first-order valence-electron chi connectivity index (χ1n) is 4.52. The topological polar surface area (TPSA) is 92.6 Å². The average molecular weight is 187 g/mol. The summed E-state index contributed by atoms with van der Waals surface area (Å²) in [5.74, 6) is -0.178. The molecule has 0 spiro atoms. The van der Waals surface area contributed by atoms with Crippen LogP contribution in [0.5, 0.6) is 0 Å². The van der Waals surface area contributed by atoms with Gasteiger partial charge in [-0.05, 0) is 25.4 Å². The van der Waals surface area contributed by atoms with Crippen molar-refractivity contribution in [2.24, 2.45) is 17.4 Å². The molecule has 0 aliphatic carbocycles. The Morgan fingerprint density at radius 3 is 2.77 bits per heavy atom. The highest BCUT2D eigenvalue weighted by atomic mass is 16.3. The number of piperidine rings is 1. The van der Waals surface area contributed by atoms with Crippen molar-refractivity contribution in [3.8, 4) is 0 Å². The monoisotopic (exact) mass is 187 g/mol. The number of carbonyl (C=O) groups excluding carboxylic acids is 1. The zero-order valence-corrected chi connectivity index (χ0v) is 7.65. The van der Waals surface area contributed by atoms with Crippen molar-refractivity contribution >= 4 is 5.91 Å². The van der Waals surface area contributed by atoms with Gasteiger partial charge in [-0.2, -0.15) is 0 Å². The summed E-state index contributed by atoms with van der Waals surface area (Å²) in [7, 11) is 0. The highest BCUT2D eigenvalue weighted by Crippen LogP contribution is 2.15. The van der Waals surface area contributed by atoms with Crippen LogP contribution in [0.25, 0.3) is 0 Å². The largest absolute Gasteiger partial charge is 0.391 e. The second-order valence-corrected chi connectivity index (χ2v) is 3.55. The van der Waals surface area contributed by atoms with Gasteiger partial charge < -0.3 is 16.6 Å². The van der Waals surface area contributed by atoms with E-state index in [2.05, 4.69) is 0 Å². The van der Waals surface area contributed by atoms with Crippen molar-refractivity contribution in [1.82, 2.24) is 4.90 Å². The molecule has 5 heteroatoms. The molecule has 1 aliphatic heterocycles. The molecule has 0 aromatic heterocycles. The second kappa shape index (κ2) is 4.55. The first kappa shape index (κ1) is 10.4. The first-order valence-corrected chi connectivity index (χ1v) is 4.52. The van der Waals surface area contributed by atoms with Gasteiger partial charge in [0.05, 0.1) is 12.6 Å². The Morgan fingerprint density at radius 2 is 2.31 bits per heavy atom. The van der Waals surface area contributed by atoms with Crippen LogP contribution < -0.4 is 11.5 Å². The van der Waals surface area contributed by atoms with Gasteiger partial charge in [0, 0.05) is 6.54 Å². The summed E-state index contributed by atoms with van der Waals surface area (Å²) < 4.78 is 0. The maximum atomic E-state index is 10.6. The molecule has 1 rings (SSSR count). The average Bonchev–Trinajstić information content (AvgIpc) is 2.03. The SMILES string of the molecule is NC[C@H]1CCN(CC(N)=O)C[C@@H]1O. The number of rotatable bonds is 3. The number of β-amino-alcohol motifs (C(OH)–C–C–N with tert-alkyl or cyclic N) is 1. The Labute approximate surface area is 77.7 Å². The molecule has 0 aromatic carbocycles. The fraction of sp³-hybridized carbons (Fsp3) is 0.875. The predicted molar refractivity (Wildman–Crippen MR) is 48.8 cm³/mol. The molecule has 1 fully saturated rings. The number of carbonyl (C=O) groups is 1. The standard InChI is InChI=1S/C8H17N3O2/c9-3-6-1-2-11(4-7(6)12)5-8(10)13/h6-7,12H,1-5,9H2,(H2,10,13)/t6-,7+/m1/s1. The Hall–Kier alpha value is -0.650. The van der Waals surface area contributed by atoms with Gasteiger partial charge in [-0.1, -0.05) is 0 Å². The van der Waals surface area contributed by atoms with Crippen molar-refractivity contribution in [3.63, 3.8) is 0 Å². The summed E-state index contributed by atoms with van der Waals surface area (Å²) in [5.41, 5.74) is 10.5. The summed E-state index contributed by atoms with van der Waals surface area (Å²) in [6.07, 6.45) is 0.420. The lowest BCUT2D eigenvalue weighted by molar-refractivity contribution is -0.120. The molecule has 1 aliphatic rings. The number of likely N-dealkylation sites (tertiary alicyclic amines) is 1. The summed E-state index contributed by atoms with van der Waals surface area (Å²) in [4.78, 5) is 12.5. The van der Waals surface area contributed by atoms with Gasteiger partial charge in [-0.25, -0.2) is 0 Å². The molecule has 5 nitrogen and oxygen atoms in total. The van der Waals surface area contributed by atoms with Gasteiger partial charge in [0.25, 0.3) is 0 Å². The van der Waals surface area contributed by atoms with E-state index in [1.165, 1.54) is 0 Å². The molecule has 13 heavy (non-hydrogen) atoms. The fourth-order valence-corrected chi connectivity index (χ4v) is 1.68. The van der Waals surface area contributed by atoms with Crippen LogP contribution in [-0.4, -0.2) is 48.2 Å². The number of hydrogen-bond donors (Lipinski definition) is 3. The summed E-state index contributed by atoms with van der Waals surface area (Å²) >= 11 is 0. The van der Waals surface area contributed by atoms with Crippen LogP contribution in [0, 0.1) is 5.92 Å². The van der Waals surface area contributed by atoms with Crippen molar-refractivity contribution in [1.29, 1.82) is 0 Å². The summed E-state index contributed by atoms with van der Waals surface area (Å²) in [5, 5.41) is 9.58. The molecule has 0 saturated carbocycles. The normalized spacial score (nSPS) is 30.3. The number of nitrogens with two attached hydrogens (primary N) is 2. The van der Waals surface area contributed by atoms with E-state index in [-0.39, 0.29) is 18.4 Å². The van der Waals surface area contributed by atoms with Crippen LogP contribution in [0.3, 0.4) is 0 Å². The van der Waals surface area contributed by atoms with E-state index in [4.69, 9.17) is 11.5 Å². The minimum Gasteiger partial charge on any atom is -0.391 e. The maximum absolute atomic E-state index is 10.6. The fourth-order valence-electron chi connectivity index (χ4n) is 1.68. The maximum Gasteiger partial charge on any atom is 0.231 e. The van der Waals surface area contributed by atoms with Crippen LogP contribution in [-0.2, 0) is 4.79 Å². The van der Waals surface area contributed by atoms with Crippen LogP contribution in [0.15, 0.2) is 0 Å². The number of primary amides is 1. The summed E-state index contributed by atoms with van der Waals surface area (Å²) in [6, 6.07) is 0. The third-order valence-corrected chi connectivity index (χ3v) is 2.49. The summed E-state index contributed by atoms with van der Waals surface area (Å²) in [6.45, 7) is 2.03. The van der Waals surface area contributed by atoms with E-state index in [9.17, 15) is 9.90 Å². The third kappa shape index (κ3) is 2.95. The Bertz CT molecular complexity index is 186. The molecule has 76 valence electrons. The van der Waals surface area contributed by atoms with Crippen LogP contribution >= 0.6 is 0 Å². The molecular weight excluding hydrogens is 170 g/mol. The van der Waals surface area contributed by atoms with Crippen molar-refractivity contribution in [3.05, 3.63) is 0 Å². The Kier molecular flexibility index (Phi) is 3.65. The van der Waals surface area contributed by atoms with E-state index >= 15 is 0 Å². The molecule has 1 saturated heterocycles. The van der Waals surface area contributed by atoms with Crippen LogP contribution in [0.4, 0.5) is 0 Å². The Balaban J connectivity index is 2.36.